The first-order chi connectivity index (χ1) is 10.1. The van der Waals surface area contributed by atoms with Gasteiger partial charge < -0.3 is 15.2 Å². The van der Waals surface area contributed by atoms with E-state index in [9.17, 15) is 9.18 Å². The lowest BCUT2D eigenvalue weighted by Gasteiger charge is -2.11. The van der Waals surface area contributed by atoms with Gasteiger partial charge in [0.2, 0.25) is 0 Å². The summed E-state index contributed by atoms with van der Waals surface area (Å²) in [5.41, 5.74) is 6.22. The highest BCUT2D eigenvalue weighted by molar-refractivity contribution is 5.86. The normalized spacial score (nSPS) is 10.0. The van der Waals surface area contributed by atoms with Crippen LogP contribution in [-0.2, 0) is 11.3 Å². The average Bonchev–Trinajstić information content (AvgIpc) is 2.97. The van der Waals surface area contributed by atoms with E-state index in [4.69, 9.17) is 15.2 Å². The molecular formula is C13H16ClFN4O3. The van der Waals surface area contributed by atoms with Crippen molar-refractivity contribution in [1.82, 2.24) is 15.0 Å². The fourth-order valence-electron chi connectivity index (χ4n) is 1.84. The highest BCUT2D eigenvalue weighted by Gasteiger charge is 2.17. The molecule has 2 aromatic rings. The Hall–Kier alpha value is -2.19. The highest BCUT2D eigenvalue weighted by atomic mass is 35.5. The molecule has 0 atom stereocenters. The van der Waals surface area contributed by atoms with Gasteiger partial charge in [-0.2, -0.15) is 0 Å². The minimum Gasteiger partial charge on any atom is -0.494 e. The van der Waals surface area contributed by atoms with E-state index in [0.717, 1.165) is 0 Å². The standard InChI is InChI=1S/C13H15FN4O3.ClH/c1-3-21-13(19)9-7-18(17-16-9)10-4-5-11(20-2)12(14)8(10)6-15;/h4-5,7H,3,6,15H2,1-2H3;1H. The summed E-state index contributed by atoms with van der Waals surface area (Å²) < 4.78 is 25.1. The molecule has 0 saturated heterocycles. The Morgan fingerprint density at radius 1 is 1.45 bits per heavy atom. The molecule has 1 aromatic heterocycles. The summed E-state index contributed by atoms with van der Waals surface area (Å²) in [6, 6.07) is 3.04. The highest BCUT2D eigenvalue weighted by Crippen LogP contribution is 2.25. The molecule has 0 spiro atoms. The minimum absolute atomic E-state index is 0. The van der Waals surface area contributed by atoms with Crippen molar-refractivity contribution in [1.29, 1.82) is 0 Å². The van der Waals surface area contributed by atoms with Crippen LogP contribution in [-0.4, -0.2) is 34.7 Å². The molecule has 0 bridgehead atoms. The SMILES string of the molecule is CCOC(=O)c1cn(-c2ccc(OC)c(F)c2CN)nn1.Cl. The first kappa shape index (κ1) is 17.9. The first-order valence-electron chi connectivity index (χ1n) is 6.27. The number of esters is 1. The molecule has 7 nitrogen and oxygen atoms in total. The van der Waals surface area contributed by atoms with Crippen molar-refractivity contribution in [2.75, 3.05) is 13.7 Å². The zero-order valence-electron chi connectivity index (χ0n) is 12.1. The third kappa shape index (κ3) is 3.34. The molecule has 2 N–H and O–H groups in total. The lowest BCUT2D eigenvalue weighted by Crippen LogP contribution is -2.09. The largest absolute Gasteiger partial charge is 0.494 e. The number of ether oxygens (including phenoxy) is 2. The molecule has 0 aliphatic carbocycles. The number of carbonyl (C=O) groups excluding carboxylic acids is 1. The van der Waals surface area contributed by atoms with E-state index in [1.165, 1.54) is 24.1 Å². The first-order valence-corrected chi connectivity index (χ1v) is 6.27. The Labute approximate surface area is 132 Å². The van der Waals surface area contributed by atoms with Gasteiger partial charge in [-0.15, -0.1) is 17.5 Å². The Bertz CT molecular complexity index is 663. The van der Waals surface area contributed by atoms with Gasteiger partial charge in [-0.3, -0.25) is 0 Å². The van der Waals surface area contributed by atoms with E-state index in [0.29, 0.717) is 5.69 Å². The minimum atomic E-state index is -0.591. The molecule has 0 aliphatic rings. The van der Waals surface area contributed by atoms with Crippen molar-refractivity contribution in [2.45, 2.75) is 13.5 Å². The summed E-state index contributed by atoms with van der Waals surface area (Å²) in [6.45, 7) is 1.87. The van der Waals surface area contributed by atoms with Gasteiger partial charge in [-0.25, -0.2) is 13.9 Å². The maximum absolute atomic E-state index is 14.1. The van der Waals surface area contributed by atoms with E-state index in [2.05, 4.69) is 10.3 Å². The van der Waals surface area contributed by atoms with Gasteiger partial charge in [-0.1, -0.05) is 5.21 Å². The Balaban J connectivity index is 0.00000242. The van der Waals surface area contributed by atoms with Crippen molar-refractivity contribution in [3.8, 4) is 11.4 Å². The second kappa shape index (κ2) is 7.71. The summed E-state index contributed by atoms with van der Waals surface area (Å²) in [5.74, 6) is -1.07. The van der Waals surface area contributed by atoms with Crippen LogP contribution < -0.4 is 10.5 Å². The number of hydrogen-bond donors (Lipinski definition) is 1. The lowest BCUT2D eigenvalue weighted by atomic mass is 10.1. The van der Waals surface area contributed by atoms with Crippen LogP contribution >= 0.6 is 12.4 Å². The molecule has 0 radical (unpaired) electrons. The topological polar surface area (TPSA) is 92.3 Å². The van der Waals surface area contributed by atoms with E-state index in [1.807, 2.05) is 0 Å². The van der Waals surface area contributed by atoms with Crippen LogP contribution in [0.1, 0.15) is 23.0 Å². The van der Waals surface area contributed by atoms with Crippen LogP contribution in [0, 0.1) is 5.82 Å². The van der Waals surface area contributed by atoms with Gasteiger partial charge in [0.25, 0.3) is 0 Å². The summed E-state index contributed by atoms with van der Waals surface area (Å²) in [6.07, 6.45) is 1.36. The number of hydrogen-bond acceptors (Lipinski definition) is 6. The van der Waals surface area contributed by atoms with Crippen LogP contribution in [0.15, 0.2) is 18.3 Å². The van der Waals surface area contributed by atoms with Gasteiger partial charge in [-0.05, 0) is 19.1 Å². The van der Waals surface area contributed by atoms with Gasteiger partial charge in [0.1, 0.15) is 0 Å². The van der Waals surface area contributed by atoms with Crippen LogP contribution in [0.5, 0.6) is 5.75 Å². The Morgan fingerprint density at radius 2 is 2.18 bits per heavy atom. The maximum Gasteiger partial charge on any atom is 0.360 e. The van der Waals surface area contributed by atoms with Crippen molar-refractivity contribution in [2.24, 2.45) is 5.73 Å². The third-order valence-electron chi connectivity index (χ3n) is 2.83. The lowest BCUT2D eigenvalue weighted by molar-refractivity contribution is 0.0519. The van der Waals surface area contributed by atoms with Crippen molar-refractivity contribution in [3.63, 3.8) is 0 Å². The molecule has 1 heterocycles. The summed E-state index contributed by atoms with van der Waals surface area (Å²) in [7, 11) is 1.37. The van der Waals surface area contributed by atoms with Crippen molar-refractivity contribution < 1.29 is 18.7 Å². The average molecular weight is 331 g/mol. The van der Waals surface area contributed by atoms with Gasteiger partial charge in [0.15, 0.2) is 17.3 Å². The summed E-state index contributed by atoms with van der Waals surface area (Å²) in [4.78, 5) is 11.6. The molecule has 0 unspecified atom stereocenters. The number of methoxy groups -OCH3 is 1. The Kier molecular flexibility index (Phi) is 6.26. The molecule has 0 aliphatic heterocycles. The fourth-order valence-corrected chi connectivity index (χ4v) is 1.84. The molecule has 0 fully saturated rings. The van der Waals surface area contributed by atoms with Crippen LogP contribution in [0.2, 0.25) is 0 Å². The van der Waals surface area contributed by atoms with Crippen molar-refractivity contribution >= 4 is 18.4 Å². The van der Waals surface area contributed by atoms with E-state index < -0.39 is 11.8 Å². The quantitative estimate of drug-likeness (QED) is 0.835. The number of benzene rings is 1. The second-order valence-corrected chi connectivity index (χ2v) is 4.05. The van der Waals surface area contributed by atoms with E-state index in [-0.39, 0.29) is 42.6 Å². The van der Waals surface area contributed by atoms with Crippen molar-refractivity contribution in [3.05, 3.63) is 35.4 Å². The van der Waals surface area contributed by atoms with Gasteiger partial charge in [0.05, 0.1) is 25.6 Å². The molecule has 2 rings (SSSR count). The molecule has 1 aromatic carbocycles. The fraction of sp³-hybridized carbons (Fsp3) is 0.308. The molecule has 120 valence electrons. The van der Waals surface area contributed by atoms with Crippen LogP contribution in [0.25, 0.3) is 5.69 Å². The van der Waals surface area contributed by atoms with Gasteiger partial charge in [0, 0.05) is 12.1 Å². The van der Waals surface area contributed by atoms with E-state index >= 15 is 0 Å². The maximum atomic E-state index is 14.1. The smallest absolute Gasteiger partial charge is 0.360 e. The summed E-state index contributed by atoms with van der Waals surface area (Å²) in [5, 5.41) is 7.50. The summed E-state index contributed by atoms with van der Waals surface area (Å²) >= 11 is 0. The number of carbonyl (C=O) groups is 1. The third-order valence-corrected chi connectivity index (χ3v) is 2.83. The number of halogens is 2. The number of nitrogens with two attached hydrogens (primary N) is 1. The van der Waals surface area contributed by atoms with Crippen LogP contribution in [0.4, 0.5) is 4.39 Å². The van der Waals surface area contributed by atoms with Crippen LogP contribution in [0.3, 0.4) is 0 Å². The number of nitrogens with zero attached hydrogens (tertiary/aromatic N) is 3. The van der Waals surface area contributed by atoms with Gasteiger partial charge >= 0.3 is 5.97 Å². The number of aromatic nitrogens is 3. The van der Waals surface area contributed by atoms with E-state index in [1.54, 1.807) is 13.0 Å². The Morgan fingerprint density at radius 3 is 2.77 bits per heavy atom. The second-order valence-electron chi connectivity index (χ2n) is 4.05. The zero-order valence-corrected chi connectivity index (χ0v) is 12.9. The predicted octanol–water partition coefficient (Wildman–Crippen LogP) is 1.47. The number of rotatable bonds is 5. The molecule has 0 saturated carbocycles. The molecular weight excluding hydrogens is 315 g/mol. The molecule has 0 amide bonds. The molecule has 22 heavy (non-hydrogen) atoms. The molecule has 9 heteroatoms. The monoisotopic (exact) mass is 330 g/mol. The predicted molar refractivity (Wildman–Crippen MR) is 79.0 cm³/mol. The zero-order chi connectivity index (χ0) is 15.4.